The molecule has 7 atom stereocenters. The van der Waals surface area contributed by atoms with Crippen molar-refractivity contribution in [2.24, 2.45) is 45.3 Å². The number of thiocarbonyl (C=S) groups is 1. The topological polar surface area (TPSA) is 70.6 Å². The molecule has 0 saturated heterocycles. The van der Waals surface area contributed by atoms with Crippen LogP contribution in [0.15, 0.2) is 16.2 Å². The highest BCUT2D eigenvalue weighted by Gasteiger charge is 2.59. The lowest BCUT2D eigenvalue weighted by atomic mass is 9.44. The zero-order valence-electron chi connectivity index (χ0n) is 17.9. The molecule has 0 aromatic heterocycles. The van der Waals surface area contributed by atoms with Gasteiger partial charge in [0.2, 0.25) is 0 Å². The maximum Gasteiger partial charge on any atom is 0.184 e. The van der Waals surface area contributed by atoms with Crippen molar-refractivity contribution in [3.63, 3.8) is 0 Å². The zero-order valence-corrected chi connectivity index (χ0v) is 18.7. The number of allylic oxidation sites excluding steroid dienone is 2. The van der Waals surface area contributed by atoms with Gasteiger partial charge in [0.15, 0.2) is 5.11 Å². The third-order valence-electron chi connectivity index (χ3n) is 9.25. The van der Waals surface area contributed by atoms with Gasteiger partial charge in [-0.1, -0.05) is 19.4 Å². The molecule has 3 saturated carbocycles. The van der Waals surface area contributed by atoms with E-state index in [9.17, 15) is 5.11 Å². The molecule has 5 heteroatoms. The predicted octanol–water partition coefficient (Wildman–Crippen LogP) is 4.53. The monoisotopic (exact) mass is 403 g/mol. The smallest absolute Gasteiger partial charge is 0.184 e. The second-order valence-electron chi connectivity index (χ2n) is 10.6. The molecule has 4 N–H and O–H groups in total. The van der Waals surface area contributed by atoms with Crippen molar-refractivity contribution in [2.45, 2.75) is 85.2 Å². The zero-order chi connectivity index (χ0) is 20.3. The van der Waals surface area contributed by atoms with Crippen molar-refractivity contribution in [3.8, 4) is 0 Å². The normalized spacial score (nSPS) is 45.9. The van der Waals surface area contributed by atoms with E-state index in [2.05, 4.69) is 38.2 Å². The summed E-state index contributed by atoms with van der Waals surface area (Å²) in [5, 5.41) is 15.0. The van der Waals surface area contributed by atoms with E-state index in [0.717, 1.165) is 42.2 Å². The predicted molar refractivity (Wildman–Crippen MR) is 119 cm³/mol. The van der Waals surface area contributed by atoms with E-state index in [1.807, 2.05) is 0 Å². The molecule has 0 spiro atoms. The maximum atomic E-state index is 10.2. The van der Waals surface area contributed by atoms with Crippen molar-refractivity contribution >= 4 is 23.0 Å². The van der Waals surface area contributed by atoms with E-state index in [0.29, 0.717) is 5.41 Å². The fourth-order valence-electron chi connectivity index (χ4n) is 8.08. The molecule has 0 aromatic rings. The molecular formula is C23H37N3OS. The second kappa shape index (κ2) is 7.09. The minimum Gasteiger partial charge on any atom is -0.393 e. The Morgan fingerprint density at radius 2 is 1.93 bits per heavy atom. The van der Waals surface area contributed by atoms with Gasteiger partial charge in [-0.15, -0.1) is 0 Å². The van der Waals surface area contributed by atoms with Crippen LogP contribution in [0.1, 0.15) is 79.1 Å². The van der Waals surface area contributed by atoms with Crippen molar-refractivity contribution in [1.82, 2.24) is 5.43 Å². The Morgan fingerprint density at radius 1 is 1.18 bits per heavy atom. The van der Waals surface area contributed by atoms with Gasteiger partial charge in [-0.25, -0.2) is 0 Å². The van der Waals surface area contributed by atoms with Crippen LogP contribution in [-0.2, 0) is 0 Å². The second-order valence-corrected chi connectivity index (χ2v) is 11.0. The van der Waals surface area contributed by atoms with E-state index in [4.69, 9.17) is 18.0 Å². The fraction of sp³-hybridized carbons (Fsp3) is 0.826. The van der Waals surface area contributed by atoms with Gasteiger partial charge in [-0.05, 0) is 118 Å². The Labute approximate surface area is 175 Å². The molecule has 0 bridgehead atoms. The van der Waals surface area contributed by atoms with Crippen LogP contribution in [0.3, 0.4) is 0 Å². The lowest BCUT2D eigenvalue weighted by molar-refractivity contribution is -0.117. The van der Waals surface area contributed by atoms with Gasteiger partial charge >= 0.3 is 0 Å². The van der Waals surface area contributed by atoms with Crippen LogP contribution < -0.4 is 11.2 Å². The number of aliphatic hydroxyl groups excluding tert-OH is 1. The molecule has 4 aliphatic rings. The Balaban J connectivity index is 1.61. The summed E-state index contributed by atoms with van der Waals surface area (Å²) in [6.45, 7) is 9.44. The van der Waals surface area contributed by atoms with Crippen molar-refractivity contribution in [2.75, 3.05) is 0 Å². The number of rotatable bonds is 2. The van der Waals surface area contributed by atoms with E-state index in [1.165, 1.54) is 49.7 Å². The van der Waals surface area contributed by atoms with E-state index >= 15 is 0 Å². The Hall–Kier alpha value is -0.940. The van der Waals surface area contributed by atoms with Crippen molar-refractivity contribution < 1.29 is 5.11 Å². The molecule has 0 heterocycles. The fourth-order valence-corrected chi connectivity index (χ4v) is 8.12. The van der Waals surface area contributed by atoms with Gasteiger partial charge < -0.3 is 10.8 Å². The quantitative estimate of drug-likeness (QED) is 0.360. The third-order valence-corrected chi connectivity index (χ3v) is 9.34. The van der Waals surface area contributed by atoms with Crippen molar-refractivity contribution in [3.05, 3.63) is 11.1 Å². The van der Waals surface area contributed by atoms with Crippen LogP contribution in [-0.4, -0.2) is 22.0 Å². The number of hydrazone groups is 1. The SMILES string of the molecule is CC1=C(/C(C)=N\NC(N)=S)C2(C)CCC3C(CCC4CC(O)CCC43C)C2C1. The number of aliphatic hydroxyl groups is 1. The molecule has 0 aliphatic heterocycles. The molecule has 3 fully saturated rings. The number of nitrogens with two attached hydrogens (primary N) is 1. The van der Waals surface area contributed by atoms with E-state index in [-0.39, 0.29) is 16.6 Å². The van der Waals surface area contributed by atoms with Gasteiger partial charge in [0.25, 0.3) is 0 Å². The van der Waals surface area contributed by atoms with Crippen LogP contribution in [0.4, 0.5) is 0 Å². The summed E-state index contributed by atoms with van der Waals surface area (Å²) in [6.07, 6.45) is 9.57. The first-order valence-electron chi connectivity index (χ1n) is 11.1. The number of nitrogens with one attached hydrogen (secondary N) is 1. The number of hydrogen-bond donors (Lipinski definition) is 3. The van der Waals surface area contributed by atoms with Gasteiger partial charge in [0.05, 0.1) is 11.8 Å². The summed E-state index contributed by atoms with van der Waals surface area (Å²) < 4.78 is 0. The molecule has 4 nitrogen and oxygen atoms in total. The molecule has 0 radical (unpaired) electrons. The molecular weight excluding hydrogens is 366 g/mol. The average Bonchev–Trinajstić information content (AvgIpc) is 2.90. The lowest BCUT2D eigenvalue weighted by Crippen LogP contribution is -2.53. The van der Waals surface area contributed by atoms with Crippen LogP contribution >= 0.6 is 12.2 Å². The van der Waals surface area contributed by atoms with Crippen LogP contribution in [0.5, 0.6) is 0 Å². The van der Waals surface area contributed by atoms with Crippen molar-refractivity contribution in [1.29, 1.82) is 0 Å². The first kappa shape index (κ1) is 20.3. The minimum absolute atomic E-state index is 0.0644. The van der Waals surface area contributed by atoms with Gasteiger partial charge in [0, 0.05) is 0 Å². The largest absolute Gasteiger partial charge is 0.393 e. The number of fused-ring (bicyclic) bond motifs is 5. The molecule has 7 unspecified atom stereocenters. The van der Waals surface area contributed by atoms with E-state index < -0.39 is 0 Å². The summed E-state index contributed by atoms with van der Waals surface area (Å²) in [5.41, 5.74) is 13.0. The highest BCUT2D eigenvalue weighted by molar-refractivity contribution is 7.80. The number of hydrogen-bond acceptors (Lipinski definition) is 3. The average molecular weight is 404 g/mol. The van der Waals surface area contributed by atoms with Crippen LogP contribution in [0.25, 0.3) is 0 Å². The third kappa shape index (κ3) is 3.04. The first-order valence-corrected chi connectivity index (χ1v) is 11.6. The first-order chi connectivity index (χ1) is 13.2. The summed E-state index contributed by atoms with van der Waals surface area (Å²) in [7, 11) is 0. The summed E-state index contributed by atoms with van der Waals surface area (Å²) in [4.78, 5) is 0. The summed E-state index contributed by atoms with van der Waals surface area (Å²) in [6, 6.07) is 0. The molecule has 28 heavy (non-hydrogen) atoms. The molecule has 4 rings (SSSR count). The Morgan fingerprint density at radius 3 is 2.64 bits per heavy atom. The van der Waals surface area contributed by atoms with Gasteiger partial charge in [-0.2, -0.15) is 5.10 Å². The molecule has 156 valence electrons. The standard InChI is InChI=1S/C23H37N3OS/c1-13-11-19-17-6-5-15-12-16(27)7-9-22(15,3)18(17)8-10-23(19,4)20(13)14(2)25-26-21(24)28/h15-19,27H,5-12H2,1-4H3,(H3,24,26,28)/b25-14-. The summed E-state index contributed by atoms with van der Waals surface area (Å²) in [5.74, 6) is 3.06. The molecule has 0 aromatic carbocycles. The Bertz CT molecular complexity index is 731. The maximum absolute atomic E-state index is 10.2. The van der Waals surface area contributed by atoms with Crippen LogP contribution in [0.2, 0.25) is 0 Å². The molecule has 4 aliphatic carbocycles. The van der Waals surface area contributed by atoms with Gasteiger partial charge in [0.1, 0.15) is 0 Å². The number of nitrogens with zero attached hydrogens (tertiary/aromatic N) is 1. The lowest BCUT2D eigenvalue weighted by Gasteiger charge is -2.60. The Kier molecular flexibility index (Phi) is 5.15. The minimum atomic E-state index is -0.0644. The summed E-state index contributed by atoms with van der Waals surface area (Å²) >= 11 is 4.94. The highest BCUT2D eigenvalue weighted by Crippen LogP contribution is 2.67. The van der Waals surface area contributed by atoms with Crippen LogP contribution in [0, 0.1) is 34.5 Å². The molecule has 0 amide bonds. The highest BCUT2D eigenvalue weighted by atomic mass is 32.1. The van der Waals surface area contributed by atoms with E-state index in [1.54, 1.807) is 0 Å². The van der Waals surface area contributed by atoms with Gasteiger partial charge in [-0.3, -0.25) is 5.43 Å².